The highest BCUT2D eigenvalue weighted by atomic mass is 19.1. The minimum absolute atomic E-state index is 0.330. The second-order valence-electron chi connectivity index (χ2n) is 4.70. The zero-order chi connectivity index (χ0) is 13.8. The zero-order valence-corrected chi connectivity index (χ0v) is 11.2. The molecule has 2 aromatic carbocycles. The van der Waals surface area contributed by atoms with Gasteiger partial charge in [-0.2, -0.15) is 0 Å². The third-order valence-corrected chi connectivity index (χ3v) is 3.32. The molecule has 0 aliphatic rings. The molecule has 2 aromatic rings. The number of nitrogens with one attached hydrogen (secondary N) is 1. The summed E-state index contributed by atoms with van der Waals surface area (Å²) in [7, 11) is 0. The lowest BCUT2D eigenvalue weighted by Gasteiger charge is -2.15. The minimum Gasteiger partial charge on any atom is -0.387 e. The predicted molar refractivity (Wildman–Crippen MR) is 75.8 cm³/mol. The largest absolute Gasteiger partial charge is 0.387 e. The van der Waals surface area contributed by atoms with Crippen LogP contribution in [0.4, 0.5) is 10.1 Å². The third kappa shape index (κ3) is 3.32. The fourth-order valence-electron chi connectivity index (χ4n) is 1.98. The Kier molecular flexibility index (Phi) is 4.17. The van der Waals surface area contributed by atoms with Gasteiger partial charge in [0.2, 0.25) is 0 Å². The van der Waals surface area contributed by atoms with E-state index in [-0.39, 0.29) is 5.82 Å². The first-order valence-electron chi connectivity index (χ1n) is 6.31. The molecule has 0 radical (unpaired) electrons. The standard InChI is InChI=1S/C16H18FNO/c1-11-5-3-8-15(12(11)2)18-10-16(19)13-6-4-7-14(17)9-13/h3-9,16,18-19H,10H2,1-2H3. The Labute approximate surface area is 112 Å². The van der Waals surface area contributed by atoms with Gasteiger partial charge in [-0.05, 0) is 48.7 Å². The Hall–Kier alpha value is -1.87. The van der Waals surface area contributed by atoms with E-state index in [4.69, 9.17) is 0 Å². The molecule has 1 unspecified atom stereocenters. The number of hydrogen-bond acceptors (Lipinski definition) is 2. The summed E-state index contributed by atoms with van der Waals surface area (Å²) in [5.41, 5.74) is 3.94. The zero-order valence-electron chi connectivity index (χ0n) is 11.2. The second-order valence-corrected chi connectivity index (χ2v) is 4.70. The van der Waals surface area contributed by atoms with Crippen molar-refractivity contribution in [3.05, 3.63) is 65.0 Å². The summed E-state index contributed by atoms with van der Waals surface area (Å²) >= 11 is 0. The number of anilines is 1. The van der Waals surface area contributed by atoms with Crippen molar-refractivity contribution in [2.24, 2.45) is 0 Å². The van der Waals surface area contributed by atoms with E-state index in [0.29, 0.717) is 12.1 Å². The molecular weight excluding hydrogens is 241 g/mol. The number of aliphatic hydroxyl groups excluding tert-OH is 1. The van der Waals surface area contributed by atoms with E-state index in [9.17, 15) is 9.50 Å². The normalized spacial score (nSPS) is 12.2. The van der Waals surface area contributed by atoms with Crippen molar-refractivity contribution in [2.45, 2.75) is 20.0 Å². The fraction of sp³-hybridized carbons (Fsp3) is 0.250. The monoisotopic (exact) mass is 259 g/mol. The maximum Gasteiger partial charge on any atom is 0.123 e. The first kappa shape index (κ1) is 13.6. The Morgan fingerprint density at radius 3 is 2.63 bits per heavy atom. The molecule has 0 fully saturated rings. The van der Waals surface area contributed by atoms with Gasteiger partial charge in [-0.15, -0.1) is 0 Å². The number of aryl methyl sites for hydroxylation is 1. The van der Waals surface area contributed by atoms with Crippen molar-refractivity contribution < 1.29 is 9.50 Å². The van der Waals surface area contributed by atoms with Gasteiger partial charge >= 0.3 is 0 Å². The van der Waals surface area contributed by atoms with E-state index in [2.05, 4.69) is 5.32 Å². The van der Waals surface area contributed by atoms with Crippen LogP contribution in [0.1, 0.15) is 22.8 Å². The summed E-state index contributed by atoms with van der Waals surface area (Å²) in [5.74, 6) is -0.330. The van der Waals surface area contributed by atoms with Crippen LogP contribution in [0.25, 0.3) is 0 Å². The summed E-state index contributed by atoms with van der Waals surface area (Å²) in [6.45, 7) is 4.43. The van der Waals surface area contributed by atoms with Crippen LogP contribution in [-0.2, 0) is 0 Å². The molecule has 2 N–H and O–H groups in total. The number of aliphatic hydroxyl groups is 1. The average Bonchev–Trinajstić information content (AvgIpc) is 2.40. The molecule has 19 heavy (non-hydrogen) atoms. The van der Waals surface area contributed by atoms with Crippen molar-refractivity contribution in [1.29, 1.82) is 0 Å². The van der Waals surface area contributed by atoms with Gasteiger partial charge in [-0.3, -0.25) is 0 Å². The van der Waals surface area contributed by atoms with Crippen LogP contribution < -0.4 is 5.32 Å². The summed E-state index contributed by atoms with van der Waals surface area (Å²) in [6, 6.07) is 12.0. The van der Waals surface area contributed by atoms with Crippen molar-refractivity contribution in [3.63, 3.8) is 0 Å². The molecule has 1 atom stereocenters. The smallest absolute Gasteiger partial charge is 0.123 e. The molecule has 100 valence electrons. The van der Waals surface area contributed by atoms with Crippen LogP contribution in [0.15, 0.2) is 42.5 Å². The van der Waals surface area contributed by atoms with Crippen LogP contribution in [0.5, 0.6) is 0 Å². The first-order valence-corrected chi connectivity index (χ1v) is 6.31. The number of halogens is 1. The van der Waals surface area contributed by atoms with Gasteiger partial charge in [0.25, 0.3) is 0 Å². The summed E-state index contributed by atoms with van der Waals surface area (Å²) in [6.07, 6.45) is -0.726. The molecule has 3 heteroatoms. The Morgan fingerprint density at radius 2 is 1.89 bits per heavy atom. The molecule has 0 spiro atoms. The van der Waals surface area contributed by atoms with E-state index in [1.54, 1.807) is 12.1 Å². The second kappa shape index (κ2) is 5.85. The van der Waals surface area contributed by atoms with E-state index in [1.807, 2.05) is 32.0 Å². The lowest BCUT2D eigenvalue weighted by atomic mass is 10.1. The van der Waals surface area contributed by atoms with Crippen molar-refractivity contribution in [3.8, 4) is 0 Å². The Balaban J connectivity index is 2.04. The maximum absolute atomic E-state index is 13.1. The lowest BCUT2D eigenvalue weighted by molar-refractivity contribution is 0.191. The summed E-state index contributed by atoms with van der Waals surface area (Å²) in [5, 5.41) is 13.2. The van der Waals surface area contributed by atoms with E-state index in [0.717, 1.165) is 11.3 Å². The highest BCUT2D eigenvalue weighted by molar-refractivity contribution is 5.53. The number of hydrogen-bond donors (Lipinski definition) is 2. The summed E-state index contributed by atoms with van der Waals surface area (Å²) < 4.78 is 13.1. The van der Waals surface area contributed by atoms with Gasteiger partial charge in [0, 0.05) is 12.2 Å². The first-order chi connectivity index (χ1) is 9.08. The molecule has 0 saturated carbocycles. The van der Waals surface area contributed by atoms with Crippen molar-refractivity contribution in [2.75, 3.05) is 11.9 Å². The van der Waals surface area contributed by atoms with Gasteiger partial charge in [0.1, 0.15) is 5.82 Å². The van der Waals surface area contributed by atoms with Gasteiger partial charge in [-0.1, -0.05) is 24.3 Å². The molecule has 2 nitrogen and oxygen atoms in total. The van der Waals surface area contributed by atoms with Crippen molar-refractivity contribution in [1.82, 2.24) is 0 Å². The van der Waals surface area contributed by atoms with E-state index >= 15 is 0 Å². The molecule has 0 aliphatic carbocycles. The van der Waals surface area contributed by atoms with Gasteiger partial charge < -0.3 is 10.4 Å². The van der Waals surface area contributed by atoms with Crippen molar-refractivity contribution >= 4 is 5.69 Å². The lowest BCUT2D eigenvalue weighted by Crippen LogP contribution is -2.13. The van der Waals surface area contributed by atoms with Crippen LogP contribution in [-0.4, -0.2) is 11.7 Å². The number of benzene rings is 2. The third-order valence-electron chi connectivity index (χ3n) is 3.32. The molecule has 0 aromatic heterocycles. The molecular formula is C16H18FNO. The molecule has 0 aliphatic heterocycles. The van der Waals surface area contributed by atoms with E-state index in [1.165, 1.54) is 17.7 Å². The van der Waals surface area contributed by atoms with Crippen LogP contribution in [0, 0.1) is 19.7 Å². The summed E-state index contributed by atoms with van der Waals surface area (Å²) in [4.78, 5) is 0. The quantitative estimate of drug-likeness (QED) is 0.879. The highest BCUT2D eigenvalue weighted by Gasteiger charge is 2.09. The molecule has 0 saturated heterocycles. The number of rotatable bonds is 4. The molecule has 0 heterocycles. The topological polar surface area (TPSA) is 32.3 Å². The van der Waals surface area contributed by atoms with Crippen LogP contribution >= 0.6 is 0 Å². The Morgan fingerprint density at radius 1 is 1.16 bits per heavy atom. The van der Waals surface area contributed by atoms with Crippen LogP contribution in [0.2, 0.25) is 0 Å². The fourth-order valence-corrected chi connectivity index (χ4v) is 1.98. The Bertz CT molecular complexity index is 568. The van der Waals surface area contributed by atoms with Crippen LogP contribution in [0.3, 0.4) is 0 Å². The highest BCUT2D eigenvalue weighted by Crippen LogP contribution is 2.20. The molecule has 0 bridgehead atoms. The minimum atomic E-state index is -0.726. The molecule has 0 amide bonds. The SMILES string of the molecule is Cc1cccc(NCC(O)c2cccc(F)c2)c1C. The van der Waals surface area contributed by atoms with Gasteiger partial charge in [0.05, 0.1) is 6.10 Å². The average molecular weight is 259 g/mol. The van der Waals surface area contributed by atoms with E-state index < -0.39 is 6.10 Å². The van der Waals surface area contributed by atoms with Gasteiger partial charge in [-0.25, -0.2) is 4.39 Å². The maximum atomic E-state index is 13.1. The predicted octanol–water partition coefficient (Wildman–Crippen LogP) is 3.59. The molecule has 2 rings (SSSR count). The van der Waals surface area contributed by atoms with Gasteiger partial charge in [0.15, 0.2) is 0 Å².